The Morgan fingerprint density at radius 1 is 0.903 bits per heavy atom. The zero-order chi connectivity index (χ0) is 22.4. The highest BCUT2D eigenvalue weighted by Gasteiger charge is 2.25. The number of hydrogen-bond acceptors (Lipinski definition) is 5. The SMILES string of the molecule is Cc1ccc(C(=O)C(OC(=O)/C=C/c2ccccc2[N+](=O)[O-])c2ccc(C)cc2)cc1. The maximum absolute atomic E-state index is 13.1. The molecule has 31 heavy (non-hydrogen) atoms. The second-order valence-corrected chi connectivity index (χ2v) is 7.11. The number of rotatable bonds is 7. The maximum atomic E-state index is 13.1. The van der Waals surface area contributed by atoms with Crippen LogP contribution in [0.5, 0.6) is 0 Å². The Hall–Kier alpha value is -4.06. The lowest BCUT2D eigenvalue weighted by Gasteiger charge is -2.17. The summed E-state index contributed by atoms with van der Waals surface area (Å²) < 4.78 is 5.50. The molecule has 0 saturated heterocycles. The molecule has 0 fully saturated rings. The van der Waals surface area contributed by atoms with Crippen molar-refractivity contribution < 1.29 is 19.2 Å². The third-order valence-electron chi connectivity index (χ3n) is 4.72. The molecule has 0 aliphatic rings. The fourth-order valence-electron chi connectivity index (χ4n) is 2.99. The fourth-order valence-corrected chi connectivity index (χ4v) is 2.99. The minimum absolute atomic E-state index is 0.127. The summed E-state index contributed by atoms with van der Waals surface area (Å²) in [6, 6.07) is 20.2. The van der Waals surface area contributed by atoms with E-state index < -0.39 is 17.0 Å². The molecular weight excluding hydrogens is 394 g/mol. The molecule has 0 aliphatic heterocycles. The van der Waals surface area contributed by atoms with Crippen molar-refractivity contribution in [2.45, 2.75) is 20.0 Å². The molecule has 6 nitrogen and oxygen atoms in total. The maximum Gasteiger partial charge on any atom is 0.331 e. The number of nitro benzene ring substituents is 1. The summed E-state index contributed by atoms with van der Waals surface area (Å²) in [6.45, 7) is 3.83. The summed E-state index contributed by atoms with van der Waals surface area (Å²) in [4.78, 5) is 36.2. The standard InChI is InChI=1S/C25H21NO5/c1-17-7-11-20(12-8-17)24(28)25(21-13-9-18(2)10-14-21)31-23(27)16-15-19-5-3-4-6-22(19)26(29)30/h3-16,25H,1-2H3/b16-15+. The predicted molar refractivity (Wildman–Crippen MR) is 118 cm³/mol. The Morgan fingerprint density at radius 3 is 2.10 bits per heavy atom. The van der Waals surface area contributed by atoms with Crippen molar-refractivity contribution in [2.75, 3.05) is 0 Å². The van der Waals surface area contributed by atoms with Gasteiger partial charge in [0, 0.05) is 23.3 Å². The molecule has 0 amide bonds. The summed E-state index contributed by atoms with van der Waals surface area (Å²) in [5.74, 6) is -1.12. The lowest BCUT2D eigenvalue weighted by molar-refractivity contribution is -0.385. The van der Waals surface area contributed by atoms with Gasteiger partial charge in [0.15, 0.2) is 6.10 Å². The first-order chi connectivity index (χ1) is 14.8. The minimum Gasteiger partial charge on any atom is -0.446 e. The van der Waals surface area contributed by atoms with Crippen LogP contribution < -0.4 is 0 Å². The molecule has 0 saturated carbocycles. The number of aryl methyl sites for hydroxylation is 2. The number of para-hydroxylation sites is 1. The van der Waals surface area contributed by atoms with Crippen LogP contribution in [0.2, 0.25) is 0 Å². The number of Topliss-reactive ketones (excluding diaryl/α,β-unsaturated/α-hetero) is 1. The number of nitrogens with zero attached hydrogens (tertiary/aromatic N) is 1. The van der Waals surface area contributed by atoms with Crippen molar-refractivity contribution in [1.82, 2.24) is 0 Å². The number of hydrogen-bond donors (Lipinski definition) is 0. The van der Waals surface area contributed by atoms with E-state index in [0.717, 1.165) is 17.2 Å². The largest absolute Gasteiger partial charge is 0.446 e. The first kappa shape index (κ1) is 21.6. The molecule has 1 unspecified atom stereocenters. The van der Waals surface area contributed by atoms with Crippen molar-refractivity contribution in [2.24, 2.45) is 0 Å². The highest BCUT2D eigenvalue weighted by molar-refractivity contribution is 6.01. The van der Waals surface area contributed by atoms with E-state index in [1.807, 2.05) is 38.1 Å². The smallest absolute Gasteiger partial charge is 0.331 e. The topological polar surface area (TPSA) is 86.5 Å². The average Bonchev–Trinajstić information content (AvgIpc) is 2.77. The van der Waals surface area contributed by atoms with Gasteiger partial charge in [-0.05, 0) is 26.0 Å². The number of nitro groups is 1. The van der Waals surface area contributed by atoms with Crippen molar-refractivity contribution in [1.29, 1.82) is 0 Å². The van der Waals surface area contributed by atoms with Gasteiger partial charge in [0.25, 0.3) is 5.69 Å². The summed E-state index contributed by atoms with van der Waals surface area (Å²) in [7, 11) is 0. The van der Waals surface area contributed by atoms with Gasteiger partial charge in [-0.25, -0.2) is 4.79 Å². The van der Waals surface area contributed by atoms with E-state index in [2.05, 4.69) is 0 Å². The van der Waals surface area contributed by atoms with E-state index in [1.165, 1.54) is 18.2 Å². The van der Waals surface area contributed by atoms with Gasteiger partial charge in [-0.1, -0.05) is 71.8 Å². The van der Waals surface area contributed by atoms with Gasteiger partial charge in [-0.3, -0.25) is 14.9 Å². The van der Waals surface area contributed by atoms with E-state index in [0.29, 0.717) is 11.1 Å². The van der Waals surface area contributed by atoms with E-state index in [9.17, 15) is 19.7 Å². The van der Waals surface area contributed by atoms with Crippen LogP contribution in [0.3, 0.4) is 0 Å². The Morgan fingerprint density at radius 2 is 1.48 bits per heavy atom. The van der Waals surface area contributed by atoms with Gasteiger partial charge in [0.05, 0.1) is 10.5 Å². The molecule has 0 spiro atoms. The first-order valence-electron chi connectivity index (χ1n) is 9.64. The summed E-state index contributed by atoms with van der Waals surface area (Å²) in [5, 5.41) is 11.1. The average molecular weight is 415 g/mol. The molecule has 1 atom stereocenters. The summed E-state index contributed by atoms with van der Waals surface area (Å²) in [5.41, 5.74) is 3.12. The number of benzene rings is 3. The number of ether oxygens (including phenoxy) is 1. The Balaban J connectivity index is 1.87. The molecule has 3 aromatic carbocycles. The Bertz CT molecular complexity index is 1130. The predicted octanol–water partition coefficient (Wildman–Crippen LogP) is 5.39. The molecular formula is C25H21NO5. The third-order valence-corrected chi connectivity index (χ3v) is 4.72. The van der Waals surface area contributed by atoms with E-state index in [4.69, 9.17) is 4.74 Å². The normalized spacial score (nSPS) is 11.8. The quantitative estimate of drug-likeness (QED) is 0.170. The number of esters is 1. The van der Waals surface area contributed by atoms with Crippen LogP contribution in [0.4, 0.5) is 5.69 Å². The van der Waals surface area contributed by atoms with Gasteiger partial charge < -0.3 is 4.74 Å². The molecule has 6 heteroatoms. The monoisotopic (exact) mass is 415 g/mol. The lowest BCUT2D eigenvalue weighted by Crippen LogP contribution is -2.19. The van der Waals surface area contributed by atoms with Crippen LogP contribution in [-0.2, 0) is 9.53 Å². The summed E-state index contributed by atoms with van der Waals surface area (Å²) >= 11 is 0. The van der Waals surface area contributed by atoms with Gasteiger partial charge in [0.1, 0.15) is 0 Å². The van der Waals surface area contributed by atoms with E-state index >= 15 is 0 Å². The van der Waals surface area contributed by atoms with Crippen LogP contribution in [0.1, 0.15) is 38.7 Å². The van der Waals surface area contributed by atoms with Gasteiger partial charge in [-0.15, -0.1) is 0 Å². The molecule has 3 rings (SSSR count). The summed E-state index contributed by atoms with van der Waals surface area (Å²) in [6.07, 6.45) is 1.26. The third kappa shape index (κ3) is 5.51. The second kappa shape index (κ2) is 9.63. The Labute approximate surface area is 180 Å². The molecule has 0 aromatic heterocycles. The van der Waals surface area contributed by atoms with Gasteiger partial charge in [0.2, 0.25) is 5.78 Å². The van der Waals surface area contributed by atoms with Crippen LogP contribution in [-0.4, -0.2) is 16.7 Å². The second-order valence-electron chi connectivity index (χ2n) is 7.11. The van der Waals surface area contributed by atoms with Crippen LogP contribution in [0, 0.1) is 24.0 Å². The lowest BCUT2D eigenvalue weighted by atomic mass is 9.98. The molecule has 3 aromatic rings. The first-order valence-corrected chi connectivity index (χ1v) is 9.64. The number of carbonyl (C=O) groups excluding carboxylic acids is 2. The number of ketones is 1. The number of carbonyl (C=O) groups is 2. The zero-order valence-electron chi connectivity index (χ0n) is 17.1. The zero-order valence-corrected chi connectivity index (χ0v) is 17.1. The van der Waals surface area contributed by atoms with Crippen molar-refractivity contribution >= 4 is 23.5 Å². The van der Waals surface area contributed by atoms with Crippen LogP contribution >= 0.6 is 0 Å². The molecule has 0 heterocycles. The van der Waals surface area contributed by atoms with E-state index in [-0.39, 0.29) is 17.0 Å². The Kier molecular flexibility index (Phi) is 6.72. The molecule has 0 radical (unpaired) electrons. The van der Waals surface area contributed by atoms with Crippen molar-refractivity contribution in [3.8, 4) is 0 Å². The van der Waals surface area contributed by atoms with Crippen molar-refractivity contribution in [3.05, 3.63) is 117 Å². The fraction of sp³-hybridized carbons (Fsp3) is 0.120. The highest BCUT2D eigenvalue weighted by atomic mass is 16.6. The van der Waals surface area contributed by atoms with Crippen LogP contribution in [0.15, 0.2) is 78.9 Å². The van der Waals surface area contributed by atoms with Gasteiger partial charge >= 0.3 is 5.97 Å². The van der Waals surface area contributed by atoms with Gasteiger partial charge in [-0.2, -0.15) is 0 Å². The molecule has 0 bridgehead atoms. The molecule has 0 N–H and O–H groups in total. The minimum atomic E-state index is -1.13. The van der Waals surface area contributed by atoms with E-state index in [1.54, 1.807) is 36.4 Å². The van der Waals surface area contributed by atoms with Crippen molar-refractivity contribution in [3.63, 3.8) is 0 Å². The molecule has 0 aliphatic carbocycles. The molecule has 156 valence electrons. The highest BCUT2D eigenvalue weighted by Crippen LogP contribution is 2.25. The van der Waals surface area contributed by atoms with Crippen LogP contribution in [0.25, 0.3) is 6.08 Å².